The topological polar surface area (TPSA) is 56.7 Å². The number of halogens is 5. The van der Waals surface area contributed by atoms with E-state index in [4.69, 9.17) is 11.6 Å². The minimum absolute atomic E-state index is 0. The van der Waals surface area contributed by atoms with E-state index in [1.54, 1.807) is 11.8 Å². The SMILES string of the molecule is CCNC(=NCC(=O)N(C)CC(F)(F)F)NCCSc1ccc(Cl)cc1.I. The minimum atomic E-state index is -4.42. The van der Waals surface area contributed by atoms with Gasteiger partial charge in [-0.15, -0.1) is 35.7 Å². The van der Waals surface area contributed by atoms with E-state index in [0.29, 0.717) is 29.0 Å². The molecule has 0 unspecified atom stereocenters. The number of amides is 1. The standard InChI is InChI=1S/C16H22ClF3N4OS.HI/c1-3-21-15(23-10-14(25)24(2)11-16(18,19)20)22-8-9-26-13-6-4-12(17)5-7-13;/h4-7H,3,8-11H2,1-2H3,(H2,21,22,23);1H. The second-order valence-electron chi connectivity index (χ2n) is 5.29. The second-order valence-corrected chi connectivity index (χ2v) is 6.89. The molecule has 0 fully saturated rings. The van der Waals surface area contributed by atoms with Gasteiger partial charge in [-0.3, -0.25) is 4.79 Å². The number of alkyl halides is 3. The van der Waals surface area contributed by atoms with Gasteiger partial charge in [-0.2, -0.15) is 13.2 Å². The Labute approximate surface area is 183 Å². The lowest BCUT2D eigenvalue weighted by molar-refractivity contribution is -0.157. The zero-order valence-electron chi connectivity index (χ0n) is 15.0. The number of nitrogens with one attached hydrogen (secondary N) is 2. The molecule has 1 rings (SSSR count). The van der Waals surface area contributed by atoms with Crippen molar-refractivity contribution < 1.29 is 18.0 Å². The molecule has 0 aliphatic carbocycles. The number of hydrogen-bond donors (Lipinski definition) is 2. The highest BCUT2D eigenvalue weighted by Crippen LogP contribution is 2.19. The van der Waals surface area contributed by atoms with E-state index in [2.05, 4.69) is 15.6 Å². The monoisotopic (exact) mass is 538 g/mol. The lowest BCUT2D eigenvalue weighted by atomic mass is 10.4. The van der Waals surface area contributed by atoms with Crippen molar-refractivity contribution in [3.8, 4) is 0 Å². The van der Waals surface area contributed by atoms with Crippen LogP contribution in [0.15, 0.2) is 34.2 Å². The number of thioether (sulfide) groups is 1. The smallest absolute Gasteiger partial charge is 0.357 e. The summed E-state index contributed by atoms with van der Waals surface area (Å²) < 4.78 is 36.9. The molecule has 154 valence electrons. The molecule has 5 nitrogen and oxygen atoms in total. The van der Waals surface area contributed by atoms with Gasteiger partial charge >= 0.3 is 6.18 Å². The van der Waals surface area contributed by atoms with E-state index in [9.17, 15) is 18.0 Å². The van der Waals surface area contributed by atoms with Gasteiger partial charge in [0.1, 0.15) is 13.1 Å². The van der Waals surface area contributed by atoms with Crippen LogP contribution in [0.1, 0.15) is 6.92 Å². The summed E-state index contributed by atoms with van der Waals surface area (Å²) in [4.78, 5) is 17.4. The first-order chi connectivity index (χ1) is 12.2. The fraction of sp³-hybridized carbons (Fsp3) is 0.500. The van der Waals surface area contributed by atoms with Crippen LogP contribution >= 0.6 is 47.3 Å². The summed E-state index contributed by atoms with van der Waals surface area (Å²) in [6.45, 7) is 1.36. The molecule has 0 aliphatic heterocycles. The zero-order chi connectivity index (χ0) is 19.6. The zero-order valence-corrected chi connectivity index (χ0v) is 18.9. The van der Waals surface area contributed by atoms with Gasteiger partial charge in [-0.05, 0) is 31.2 Å². The first-order valence-electron chi connectivity index (χ1n) is 7.92. The van der Waals surface area contributed by atoms with E-state index >= 15 is 0 Å². The molecule has 1 aromatic carbocycles. The molecule has 0 aliphatic rings. The second kappa shape index (κ2) is 13.3. The molecule has 1 amide bonds. The van der Waals surface area contributed by atoms with E-state index in [1.165, 1.54) is 0 Å². The van der Waals surface area contributed by atoms with Gasteiger partial charge in [-0.25, -0.2) is 4.99 Å². The molecule has 0 heterocycles. The number of nitrogens with zero attached hydrogens (tertiary/aromatic N) is 2. The molecular formula is C16H23ClF3IN4OS. The van der Waals surface area contributed by atoms with Gasteiger partial charge in [0.25, 0.3) is 0 Å². The number of rotatable bonds is 8. The molecule has 0 saturated carbocycles. The number of likely N-dealkylation sites (N-methyl/N-ethyl adjacent to an activating group) is 1. The van der Waals surface area contributed by atoms with Gasteiger partial charge in [0.2, 0.25) is 5.91 Å². The van der Waals surface area contributed by atoms with Crippen molar-refractivity contribution in [2.75, 3.05) is 39.0 Å². The van der Waals surface area contributed by atoms with Crippen LogP contribution in [-0.4, -0.2) is 61.9 Å². The Kier molecular flexibility index (Phi) is 12.9. The molecular weight excluding hydrogens is 516 g/mol. The highest BCUT2D eigenvalue weighted by atomic mass is 127. The van der Waals surface area contributed by atoms with Crippen molar-refractivity contribution >= 4 is 59.2 Å². The van der Waals surface area contributed by atoms with Crippen LogP contribution in [0.3, 0.4) is 0 Å². The Balaban J connectivity index is 0.00000676. The summed E-state index contributed by atoms with van der Waals surface area (Å²) in [5.41, 5.74) is 0. The van der Waals surface area contributed by atoms with Crippen molar-refractivity contribution in [3.05, 3.63) is 29.3 Å². The summed E-state index contributed by atoms with van der Waals surface area (Å²) in [6.07, 6.45) is -4.42. The van der Waals surface area contributed by atoms with Crippen molar-refractivity contribution in [1.82, 2.24) is 15.5 Å². The highest BCUT2D eigenvalue weighted by Gasteiger charge is 2.30. The molecule has 1 aromatic rings. The summed E-state index contributed by atoms with van der Waals surface area (Å²) >= 11 is 7.45. The largest absolute Gasteiger partial charge is 0.406 e. The normalized spacial score (nSPS) is 11.6. The Morgan fingerprint density at radius 3 is 2.44 bits per heavy atom. The Bertz CT molecular complexity index is 602. The van der Waals surface area contributed by atoms with Gasteiger partial charge < -0.3 is 15.5 Å². The average Bonchev–Trinajstić information content (AvgIpc) is 2.56. The molecule has 0 aromatic heterocycles. The van der Waals surface area contributed by atoms with Gasteiger partial charge in [-0.1, -0.05) is 11.6 Å². The Hall–Kier alpha value is -0.880. The van der Waals surface area contributed by atoms with Crippen LogP contribution in [0.25, 0.3) is 0 Å². The quantitative estimate of drug-likeness (QED) is 0.175. The first kappa shape index (κ1) is 26.1. The molecule has 0 atom stereocenters. The third kappa shape index (κ3) is 12.2. The molecule has 27 heavy (non-hydrogen) atoms. The van der Waals surface area contributed by atoms with E-state index < -0.39 is 18.6 Å². The number of guanidine groups is 1. The maximum absolute atomic E-state index is 12.3. The van der Waals surface area contributed by atoms with Gasteiger partial charge in [0.15, 0.2) is 5.96 Å². The number of carbonyl (C=O) groups excluding carboxylic acids is 1. The lowest BCUT2D eigenvalue weighted by Crippen LogP contribution is -2.41. The number of aliphatic imine (C=N–C) groups is 1. The number of hydrogen-bond acceptors (Lipinski definition) is 3. The van der Waals surface area contributed by atoms with Crippen LogP contribution < -0.4 is 10.6 Å². The maximum atomic E-state index is 12.3. The predicted molar refractivity (Wildman–Crippen MR) is 115 cm³/mol. The lowest BCUT2D eigenvalue weighted by Gasteiger charge is -2.18. The van der Waals surface area contributed by atoms with Gasteiger partial charge in [0.05, 0.1) is 0 Å². The maximum Gasteiger partial charge on any atom is 0.406 e. The van der Waals surface area contributed by atoms with Crippen LogP contribution in [0, 0.1) is 0 Å². The van der Waals surface area contributed by atoms with Crippen molar-refractivity contribution in [1.29, 1.82) is 0 Å². The Morgan fingerprint density at radius 2 is 1.89 bits per heavy atom. The Morgan fingerprint density at radius 1 is 1.26 bits per heavy atom. The predicted octanol–water partition coefficient (Wildman–Crippen LogP) is 3.63. The molecule has 2 N–H and O–H groups in total. The van der Waals surface area contributed by atoms with E-state index in [-0.39, 0.29) is 30.5 Å². The van der Waals surface area contributed by atoms with E-state index in [0.717, 1.165) is 17.7 Å². The van der Waals surface area contributed by atoms with Crippen molar-refractivity contribution in [2.45, 2.75) is 18.0 Å². The minimum Gasteiger partial charge on any atom is -0.357 e. The third-order valence-electron chi connectivity index (χ3n) is 3.04. The van der Waals surface area contributed by atoms with Crippen molar-refractivity contribution in [2.24, 2.45) is 4.99 Å². The average molecular weight is 539 g/mol. The summed E-state index contributed by atoms with van der Waals surface area (Å²) in [7, 11) is 1.11. The summed E-state index contributed by atoms with van der Waals surface area (Å²) in [5.74, 6) is 0.432. The van der Waals surface area contributed by atoms with E-state index in [1.807, 2.05) is 31.2 Å². The third-order valence-corrected chi connectivity index (χ3v) is 4.30. The van der Waals surface area contributed by atoms with Gasteiger partial charge in [0, 0.05) is 35.8 Å². The highest BCUT2D eigenvalue weighted by molar-refractivity contribution is 14.0. The number of carbonyl (C=O) groups is 1. The number of benzene rings is 1. The first-order valence-corrected chi connectivity index (χ1v) is 9.29. The molecule has 0 radical (unpaired) electrons. The van der Waals surface area contributed by atoms with Crippen LogP contribution in [0.4, 0.5) is 13.2 Å². The fourth-order valence-corrected chi connectivity index (χ4v) is 2.73. The molecule has 0 spiro atoms. The fourth-order valence-electron chi connectivity index (χ4n) is 1.84. The molecule has 11 heteroatoms. The summed E-state index contributed by atoms with van der Waals surface area (Å²) in [5, 5.41) is 6.67. The molecule has 0 bridgehead atoms. The van der Waals surface area contributed by atoms with Crippen LogP contribution in [0.2, 0.25) is 5.02 Å². The van der Waals surface area contributed by atoms with Crippen LogP contribution in [0.5, 0.6) is 0 Å². The van der Waals surface area contributed by atoms with Crippen LogP contribution in [-0.2, 0) is 4.79 Å². The van der Waals surface area contributed by atoms with Crippen molar-refractivity contribution in [3.63, 3.8) is 0 Å². The molecule has 0 saturated heterocycles. The summed E-state index contributed by atoms with van der Waals surface area (Å²) in [6, 6.07) is 7.46.